The van der Waals surface area contributed by atoms with E-state index in [1.165, 1.54) is 11.1 Å². The molecule has 0 saturated heterocycles. The summed E-state index contributed by atoms with van der Waals surface area (Å²) in [6.07, 6.45) is 2.17. The number of rotatable bonds is 2. The minimum atomic E-state index is 0. The molecule has 0 fully saturated rings. The fourth-order valence-corrected chi connectivity index (χ4v) is 1.29. The number of hydrogen-bond acceptors (Lipinski definition) is 0. The van der Waals surface area contributed by atoms with Gasteiger partial charge in [0.2, 0.25) is 0 Å². The zero-order chi connectivity index (χ0) is 8.93. The summed E-state index contributed by atoms with van der Waals surface area (Å²) < 4.78 is 0. The van der Waals surface area contributed by atoms with E-state index in [0.717, 1.165) is 0 Å². The van der Waals surface area contributed by atoms with Gasteiger partial charge in [0.25, 0.3) is 0 Å². The van der Waals surface area contributed by atoms with E-state index < -0.39 is 0 Å². The average molecular weight is 253 g/mol. The standard InChI is InChI=1S/C13H11.Rb/c1-3-7-12(8-4-1)11-13-9-5-2-6-10-13;/h1-11H;/q-1;+1. The van der Waals surface area contributed by atoms with Crippen molar-refractivity contribution in [3.8, 4) is 0 Å². The summed E-state index contributed by atoms with van der Waals surface area (Å²) in [5, 5.41) is 0. The smallest absolute Gasteiger partial charge is 0.126 e. The molecule has 0 aliphatic rings. The van der Waals surface area contributed by atoms with Crippen molar-refractivity contribution in [3.63, 3.8) is 0 Å². The van der Waals surface area contributed by atoms with E-state index in [4.69, 9.17) is 0 Å². The van der Waals surface area contributed by atoms with Crippen molar-refractivity contribution >= 4 is 0 Å². The molecule has 0 heterocycles. The van der Waals surface area contributed by atoms with E-state index >= 15 is 0 Å². The zero-order valence-corrected chi connectivity index (χ0v) is 13.3. The Labute approximate surface area is 134 Å². The Kier molecular flexibility index (Phi) is 5.72. The van der Waals surface area contributed by atoms with E-state index in [1.807, 2.05) is 12.1 Å². The molecule has 0 atom stereocenters. The molecule has 0 aliphatic carbocycles. The molecule has 0 radical (unpaired) electrons. The molecular weight excluding hydrogens is 242 g/mol. The van der Waals surface area contributed by atoms with Crippen molar-refractivity contribution in [2.75, 3.05) is 0 Å². The Morgan fingerprint density at radius 2 is 0.929 bits per heavy atom. The third-order valence-corrected chi connectivity index (χ3v) is 1.93. The minimum Gasteiger partial charge on any atom is -0.126 e. The van der Waals surface area contributed by atoms with Gasteiger partial charge in [-0.25, -0.2) is 0 Å². The SMILES string of the molecule is [Rb+].c1ccc([CH-]c2ccccc2)cc1. The molecule has 0 bridgehead atoms. The fourth-order valence-electron chi connectivity index (χ4n) is 1.29. The average Bonchev–Trinajstić information content (AvgIpc) is 2.21. The largest absolute Gasteiger partial charge is 1.00 e. The van der Waals surface area contributed by atoms with Gasteiger partial charge in [0, 0.05) is 0 Å². The third-order valence-electron chi connectivity index (χ3n) is 1.93. The van der Waals surface area contributed by atoms with Gasteiger partial charge in [-0.15, -0.1) is 41.8 Å². The first-order chi connectivity index (χ1) is 6.45. The van der Waals surface area contributed by atoms with Gasteiger partial charge in [-0.05, 0) is 0 Å². The quantitative estimate of drug-likeness (QED) is 0.674. The zero-order valence-electron chi connectivity index (χ0n) is 8.35. The van der Waals surface area contributed by atoms with Gasteiger partial charge in [-0.2, -0.15) is 0 Å². The fraction of sp³-hybridized carbons (Fsp3) is 0. The summed E-state index contributed by atoms with van der Waals surface area (Å²) in [7, 11) is 0. The van der Waals surface area contributed by atoms with Crippen LogP contribution < -0.4 is 58.2 Å². The summed E-state index contributed by atoms with van der Waals surface area (Å²) in [5.41, 5.74) is 2.49. The maximum absolute atomic E-state index is 2.17. The molecule has 0 amide bonds. The summed E-state index contributed by atoms with van der Waals surface area (Å²) >= 11 is 0. The van der Waals surface area contributed by atoms with Gasteiger partial charge in [-0.3, -0.25) is 0 Å². The second kappa shape index (κ2) is 6.57. The van der Waals surface area contributed by atoms with Gasteiger partial charge in [0.15, 0.2) is 0 Å². The topological polar surface area (TPSA) is 0 Å². The molecule has 0 spiro atoms. The van der Waals surface area contributed by atoms with Crippen molar-refractivity contribution < 1.29 is 58.2 Å². The van der Waals surface area contributed by atoms with Crippen molar-refractivity contribution in [3.05, 3.63) is 78.2 Å². The Balaban J connectivity index is 0.000000980. The molecule has 0 nitrogen and oxygen atoms in total. The number of benzene rings is 2. The van der Waals surface area contributed by atoms with Crippen molar-refractivity contribution in [1.29, 1.82) is 0 Å². The minimum absolute atomic E-state index is 0. The van der Waals surface area contributed by atoms with Crippen LogP contribution in [-0.2, 0) is 0 Å². The Hall–Kier alpha value is 0.115. The first kappa shape index (κ1) is 12.2. The van der Waals surface area contributed by atoms with Crippen LogP contribution in [0.5, 0.6) is 0 Å². The van der Waals surface area contributed by atoms with Crippen LogP contribution in [0.25, 0.3) is 0 Å². The van der Waals surface area contributed by atoms with Crippen LogP contribution >= 0.6 is 0 Å². The molecule has 0 saturated carbocycles. The Bertz CT molecular complexity index is 316. The Morgan fingerprint density at radius 1 is 0.571 bits per heavy atom. The molecule has 2 aromatic carbocycles. The monoisotopic (exact) mass is 252 g/mol. The molecule has 0 aromatic heterocycles. The summed E-state index contributed by atoms with van der Waals surface area (Å²) in [4.78, 5) is 0. The Morgan fingerprint density at radius 3 is 1.29 bits per heavy atom. The first-order valence-corrected chi connectivity index (χ1v) is 4.40. The van der Waals surface area contributed by atoms with Gasteiger partial charge in [-0.1, -0.05) is 36.4 Å². The molecule has 0 aliphatic heterocycles. The first-order valence-electron chi connectivity index (χ1n) is 4.40. The van der Waals surface area contributed by atoms with E-state index in [-0.39, 0.29) is 58.2 Å². The molecule has 0 unspecified atom stereocenters. The maximum Gasteiger partial charge on any atom is 1.00 e. The number of hydrogen-bond donors (Lipinski definition) is 0. The predicted molar refractivity (Wildman–Crippen MR) is 55.4 cm³/mol. The summed E-state index contributed by atoms with van der Waals surface area (Å²) in [5.74, 6) is 0. The molecule has 1 heteroatoms. The summed E-state index contributed by atoms with van der Waals surface area (Å²) in [6, 6.07) is 20.7. The van der Waals surface area contributed by atoms with Crippen molar-refractivity contribution in [2.24, 2.45) is 0 Å². The molecule has 0 N–H and O–H groups in total. The second-order valence-electron chi connectivity index (χ2n) is 2.97. The van der Waals surface area contributed by atoms with Gasteiger partial charge in [0.05, 0.1) is 0 Å². The molecule has 14 heavy (non-hydrogen) atoms. The normalized spacial score (nSPS) is 8.86. The van der Waals surface area contributed by atoms with Crippen molar-refractivity contribution in [1.82, 2.24) is 0 Å². The van der Waals surface area contributed by atoms with E-state index in [9.17, 15) is 0 Å². The van der Waals surface area contributed by atoms with Crippen LogP contribution in [0.2, 0.25) is 0 Å². The molecule has 64 valence electrons. The van der Waals surface area contributed by atoms with Gasteiger partial charge in [0.1, 0.15) is 0 Å². The van der Waals surface area contributed by atoms with Crippen LogP contribution in [0, 0.1) is 6.42 Å². The molecular formula is C13H11Rb. The van der Waals surface area contributed by atoms with Gasteiger partial charge < -0.3 is 0 Å². The van der Waals surface area contributed by atoms with E-state index in [0.29, 0.717) is 0 Å². The maximum atomic E-state index is 2.17. The van der Waals surface area contributed by atoms with Crippen LogP contribution in [0.3, 0.4) is 0 Å². The second-order valence-corrected chi connectivity index (χ2v) is 2.97. The third kappa shape index (κ3) is 3.70. The van der Waals surface area contributed by atoms with Crippen molar-refractivity contribution in [2.45, 2.75) is 0 Å². The van der Waals surface area contributed by atoms with E-state index in [1.54, 1.807) is 0 Å². The van der Waals surface area contributed by atoms with Crippen LogP contribution in [-0.4, -0.2) is 0 Å². The van der Waals surface area contributed by atoms with Crippen LogP contribution in [0.15, 0.2) is 60.7 Å². The molecule has 2 aromatic rings. The predicted octanol–water partition coefficient (Wildman–Crippen LogP) is 0.291. The summed E-state index contributed by atoms with van der Waals surface area (Å²) in [6.45, 7) is 0. The van der Waals surface area contributed by atoms with E-state index in [2.05, 4.69) is 55.0 Å². The van der Waals surface area contributed by atoms with Gasteiger partial charge >= 0.3 is 58.2 Å². The van der Waals surface area contributed by atoms with Crippen LogP contribution in [0.4, 0.5) is 0 Å². The molecule has 2 rings (SSSR count). The van der Waals surface area contributed by atoms with Crippen LogP contribution in [0.1, 0.15) is 11.1 Å².